The number of methoxy groups -OCH3 is 2. The van der Waals surface area contributed by atoms with Gasteiger partial charge < -0.3 is 19.5 Å². The molecule has 0 heterocycles. The molecule has 1 N–H and O–H groups in total. The number of rotatable bonds is 4. The molecule has 0 aromatic rings. The second-order valence-corrected chi connectivity index (χ2v) is 2.79. The Bertz CT molecular complexity index is 108. The molecule has 0 bridgehead atoms. The molecule has 146 valence electrons. The zero-order valence-electron chi connectivity index (χ0n) is 13.5. The van der Waals surface area contributed by atoms with Crippen LogP contribution < -0.4 is 5.32 Å². The molecule has 0 spiro atoms. The first-order valence-electron chi connectivity index (χ1n) is 6.27. The molecule has 0 aliphatic carbocycles. The predicted molar refractivity (Wildman–Crippen MR) is 104 cm³/mol. The number of hydrogen-bond acceptors (Lipinski definition) is 5. The van der Waals surface area contributed by atoms with Crippen molar-refractivity contribution in [2.75, 3.05) is 47.6 Å². The summed E-state index contributed by atoms with van der Waals surface area (Å²) in [5.41, 5.74) is 0. The molecule has 0 rings (SSSR count). The molecular weight excluding hydrogens is 282 g/mol. The van der Waals surface area contributed by atoms with Gasteiger partial charge in [-0.05, 0) is 34.4 Å². The van der Waals surface area contributed by atoms with Crippen LogP contribution in [0.15, 0.2) is 0 Å². The second-order valence-electron chi connectivity index (χ2n) is 2.79. The SMILES string of the molecule is C.C.C.C.CCNC.CCOC.CCOC.CCOC(C)=O. The maximum Gasteiger partial charge on any atom is 0.302 e. The zero-order chi connectivity index (χ0) is 15.2. The molecule has 0 radical (unpaired) electrons. The number of nitrogens with one attached hydrogen (secondary N) is 1. The van der Waals surface area contributed by atoms with E-state index >= 15 is 0 Å². The van der Waals surface area contributed by atoms with Crippen molar-refractivity contribution in [1.82, 2.24) is 5.32 Å². The van der Waals surface area contributed by atoms with Crippen molar-refractivity contribution in [2.45, 2.75) is 64.3 Å². The Morgan fingerprint density at radius 2 is 1.05 bits per heavy atom. The number of carbonyl (C=O) groups is 1. The van der Waals surface area contributed by atoms with Gasteiger partial charge in [0, 0.05) is 34.4 Å². The van der Waals surface area contributed by atoms with E-state index in [1.165, 1.54) is 6.92 Å². The number of esters is 1. The Hall–Kier alpha value is -0.650. The molecule has 22 heavy (non-hydrogen) atoms. The molecule has 0 unspecified atom stereocenters. The smallest absolute Gasteiger partial charge is 0.302 e. The van der Waals surface area contributed by atoms with Crippen LogP contribution in [0.2, 0.25) is 0 Å². The van der Waals surface area contributed by atoms with E-state index in [1.54, 1.807) is 21.1 Å². The fourth-order valence-electron chi connectivity index (χ4n) is 0.203. The summed E-state index contributed by atoms with van der Waals surface area (Å²) in [4.78, 5) is 9.82. The van der Waals surface area contributed by atoms with E-state index in [9.17, 15) is 4.79 Å². The molecule has 5 heteroatoms. The van der Waals surface area contributed by atoms with E-state index in [2.05, 4.69) is 26.5 Å². The molecule has 0 aliphatic rings. The van der Waals surface area contributed by atoms with Crippen LogP contribution in [0.25, 0.3) is 0 Å². The quantitative estimate of drug-likeness (QED) is 0.760. The number of carbonyl (C=O) groups excluding carboxylic acids is 1. The highest BCUT2D eigenvalue weighted by molar-refractivity contribution is 5.65. The van der Waals surface area contributed by atoms with E-state index in [0.29, 0.717) is 6.61 Å². The highest BCUT2D eigenvalue weighted by Gasteiger charge is 1.81. The van der Waals surface area contributed by atoms with Crippen LogP contribution in [0.1, 0.15) is 64.3 Å². The first-order valence-corrected chi connectivity index (χ1v) is 6.27. The van der Waals surface area contributed by atoms with Crippen molar-refractivity contribution in [3.63, 3.8) is 0 Å². The lowest BCUT2D eigenvalue weighted by Gasteiger charge is -1.89. The highest BCUT2D eigenvalue weighted by atomic mass is 16.5. The lowest BCUT2D eigenvalue weighted by molar-refractivity contribution is -0.140. The van der Waals surface area contributed by atoms with E-state index in [4.69, 9.17) is 0 Å². The maximum absolute atomic E-state index is 9.82. The molecule has 0 fully saturated rings. The fourth-order valence-corrected chi connectivity index (χ4v) is 0.203. The Labute approximate surface area is 143 Å². The Morgan fingerprint density at radius 3 is 1.05 bits per heavy atom. The molecular formula is C17H49NO4. The van der Waals surface area contributed by atoms with Crippen LogP contribution in [0.5, 0.6) is 0 Å². The molecule has 0 amide bonds. The Kier molecular flexibility index (Phi) is 160. The molecule has 0 atom stereocenters. The van der Waals surface area contributed by atoms with Crippen molar-refractivity contribution < 1.29 is 19.0 Å². The van der Waals surface area contributed by atoms with Gasteiger partial charge in [-0.15, -0.1) is 0 Å². The van der Waals surface area contributed by atoms with E-state index in [1.807, 2.05) is 20.9 Å². The van der Waals surface area contributed by atoms with Crippen LogP contribution in [-0.2, 0) is 19.0 Å². The number of ether oxygens (including phenoxy) is 3. The van der Waals surface area contributed by atoms with Crippen molar-refractivity contribution >= 4 is 5.97 Å². The van der Waals surface area contributed by atoms with Gasteiger partial charge in [0.15, 0.2) is 0 Å². The normalized spacial score (nSPS) is 6.18. The van der Waals surface area contributed by atoms with Gasteiger partial charge >= 0.3 is 5.97 Å². The van der Waals surface area contributed by atoms with Crippen molar-refractivity contribution in [3.05, 3.63) is 0 Å². The molecule has 0 aromatic carbocycles. The van der Waals surface area contributed by atoms with Crippen molar-refractivity contribution in [2.24, 2.45) is 0 Å². The first kappa shape index (κ1) is 49.6. The summed E-state index contributed by atoms with van der Waals surface area (Å²) >= 11 is 0. The third-order valence-corrected chi connectivity index (χ3v) is 1.28. The summed E-state index contributed by atoms with van der Waals surface area (Å²) in [5.74, 6) is -0.211. The van der Waals surface area contributed by atoms with E-state index < -0.39 is 0 Å². The minimum absolute atomic E-state index is 0. The lowest BCUT2D eigenvalue weighted by atomic mass is 10.8. The van der Waals surface area contributed by atoms with Crippen LogP contribution in [0.3, 0.4) is 0 Å². The lowest BCUT2D eigenvalue weighted by Crippen LogP contribution is -2.01. The highest BCUT2D eigenvalue weighted by Crippen LogP contribution is 1.69. The van der Waals surface area contributed by atoms with E-state index in [0.717, 1.165) is 19.8 Å². The summed E-state index contributed by atoms with van der Waals surface area (Å²) in [5, 5.41) is 2.93. The topological polar surface area (TPSA) is 56.8 Å². The molecule has 0 aliphatic heterocycles. The van der Waals surface area contributed by atoms with Crippen LogP contribution >= 0.6 is 0 Å². The van der Waals surface area contributed by atoms with Gasteiger partial charge in [-0.3, -0.25) is 4.79 Å². The van der Waals surface area contributed by atoms with Gasteiger partial charge in [-0.25, -0.2) is 0 Å². The zero-order valence-corrected chi connectivity index (χ0v) is 13.5. The fraction of sp³-hybridized carbons (Fsp3) is 0.941. The minimum atomic E-state index is -0.211. The monoisotopic (exact) mass is 331 g/mol. The largest absolute Gasteiger partial charge is 0.466 e. The average molecular weight is 332 g/mol. The summed E-state index contributed by atoms with van der Waals surface area (Å²) in [6.45, 7) is 12.3. The van der Waals surface area contributed by atoms with Gasteiger partial charge in [-0.1, -0.05) is 36.6 Å². The molecule has 0 aromatic heterocycles. The third kappa shape index (κ3) is 228. The minimum Gasteiger partial charge on any atom is -0.466 e. The Morgan fingerprint density at radius 1 is 0.818 bits per heavy atom. The van der Waals surface area contributed by atoms with Crippen molar-refractivity contribution in [1.29, 1.82) is 0 Å². The van der Waals surface area contributed by atoms with Gasteiger partial charge in [0.25, 0.3) is 0 Å². The summed E-state index contributed by atoms with van der Waals surface area (Å²) in [6, 6.07) is 0. The summed E-state index contributed by atoms with van der Waals surface area (Å²) in [7, 11) is 5.29. The molecule has 0 saturated carbocycles. The van der Waals surface area contributed by atoms with Gasteiger partial charge in [0.05, 0.1) is 6.61 Å². The second kappa shape index (κ2) is 71.1. The summed E-state index contributed by atoms with van der Waals surface area (Å²) < 4.78 is 13.5. The maximum atomic E-state index is 9.82. The first-order chi connectivity index (χ1) is 8.51. The van der Waals surface area contributed by atoms with Crippen LogP contribution in [0, 0.1) is 0 Å². The number of hydrogen-bond donors (Lipinski definition) is 1. The Balaban J connectivity index is -0.0000000190. The third-order valence-electron chi connectivity index (χ3n) is 1.28. The van der Waals surface area contributed by atoms with Crippen LogP contribution in [0.4, 0.5) is 0 Å². The summed E-state index contributed by atoms with van der Waals surface area (Å²) in [6.07, 6.45) is 0. The van der Waals surface area contributed by atoms with Gasteiger partial charge in [-0.2, -0.15) is 0 Å². The van der Waals surface area contributed by atoms with Gasteiger partial charge in [0.2, 0.25) is 0 Å². The van der Waals surface area contributed by atoms with Gasteiger partial charge in [0.1, 0.15) is 0 Å². The van der Waals surface area contributed by atoms with Crippen LogP contribution in [-0.4, -0.2) is 53.6 Å². The average Bonchev–Trinajstić information content (AvgIpc) is 2.39. The molecule has 0 saturated heterocycles. The van der Waals surface area contributed by atoms with E-state index in [-0.39, 0.29) is 35.7 Å². The standard InChI is InChI=1S/C4H8O2.C3H9N.2C3H8O.4CH4/c1-3-6-4(2)5;3*1-3-4-2;;;;/h3H2,1-2H3;4H,3H2,1-2H3;2*3H2,1-2H3;4*1H4. The molecule has 5 nitrogen and oxygen atoms in total. The predicted octanol–water partition coefficient (Wildman–Crippen LogP) is 4.64. The van der Waals surface area contributed by atoms with Crippen molar-refractivity contribution in [3.8, 4) is 0 Å².